The number of hydrogen-bond donors (Lipinski definition) is 1. The van der Waals surface area contributed by atoms with Crippen molar-refractivity contribution in [3.63, 3.8) is 0 Å². The molecule has 1 aliphatic carbocycles. The topological polar surface area (TPSA) is 35.2 Å². The Morgan fingerprint density at radius 2 is 1.86 bits per heavy atom. The molecule has 1 aromatic carbocycles. The molecule has 0 unspecified atom stereocenters. The summed E-state index contributed by atoms with van der Waals surface area (Å²) in [5, 5.41) is 0. The maximum atomic E-state index is 6.10. The van der Waals surface area contributed by atoms with Gasteiger partial charge in [0.1, 0.15) is 5.75 Å². The molecule has 2 rings (SSSR count). The van der Waals surface area contributed by atoms with E-state index in [1.807, 2.05) is 24.3 Å². The predicted molar refractivity (Wildman–Crippen MR) is 92.5 cm³/mol. The first-order chi connectivity index (χ1) is 10.0. The van der Waals surface area contributed by atoms with Gasteiger partial charge in [0.15, 0.2) is 0 Å². The van der Waals surface area contributed by atoms with E-state index in [4.69, 9.17) is 10.5 Å². The standard InChI is InChI=1S/C18H28BrNO/c1-14(2)15-7-9-18(13-20,10-8-15)11-12-21-17-5-3-16(19)4-6-17/h3-6,14-15H,7-13,20H2,1-2H3. The minimum atomic E-state index is 0.306. The smallest absolute Gasteiger partial charge is 0.119 e. The van der Waals surface area contributed by atoms with Crippen molar-refractivity contribution < 1.29 is 4.74 Å². The van der Waals surface area contributed by atoms with Crippen molar-refractivity contribution in [3.05, 3.63) is 28.7 Å². The van der Waals surface area contributed by atoms with Crippen molar-refractivity contribution in [2.75, 3.05) is 13.2 Å². The summed E-state index contributed by atoms with van der Waals surface area (Å²) in [6.07, 6.45) is 6.25. The first kappa shape index (κ1) is 16.8. The van der Waals surface area contributed by atoms with E-state index in [1.54, 1.807) is 0 Å². The van der Waals surface area contributed by atoms with E-state index >= 15 is 0 Å². The fraction of sp³-hybridized carbons (Fsp3) is 0.667. The molecule has 1 aliphatic rings. The van der Waals surface area contributed by atoms with E-state index in [0.717, 1.165) is 41.6 Å². The fourth-order valence-electron chi connectivity index (χ4n) is 3.39. The Labute approximate surface area is 137 Å². The van der Waals surface area contributed by atoms with Crippen LogP contribution in [0.15, 0.2) is 28.7 Å². The van der Waals surface area contributed by atoms with E-state index in [1.165, 1.54) is 25.7 Å². The summed E-state index contributed by atoms with van der Waals surface area (Å²) >= 11 is 3.44. The molecule has 0 spiro atoms. The Balaban J connectivity index is 1.81. The zero-order chi connectivity index (χ0) is 15.3. The maximum Gasteiger partial charge on any atom is 0.119 e. The molecule has 118 valence electrons. The van der Waals surface area contributed by atoms with Gasteiger partial charge in [0.25, 0.3) is 0 Å². The van der Waals surface area contributed by atoms with Gasteiger partial charge in [-0.25, -0.2) is 0 Å². The Morgan fingerprint density at radius 3 is 2.38 bits per heavy atom. The van der Waals surface area contributed by atoms with Crippen LogP contribution in [0.1, 0.15) is 46.0 Å². The molecule has 0 aliphatic heterocycles. The van der Waals surface area contributed by atoms with Crippen LogP contribution < -0.4 is 10.5 Å². The van der Waals surface area contributed by atoms with Gasteiger partial charge >= 0.3 is 0 Å². The third kappa shape index (κ3) is 4.72. The molecule has 2 N–H and O–H groups in total. The minimum absolute atomic E-state index is 0.306. The largest absolute Gasteiger partial charge is 0.494 e. The second-order valence-electron chi connectivity index (χ2n) is 6.84. The highest BCUT2D eigenvalue weighted by molar-refractivity contribution is 9.10. The average Bonchev–Trinajstić information content (AvgIpc) is 2.50. The van der Waals surface area contributed by atoms with Crippen LogP contribution in [0.5, 0.6) is 5.75 Å². The molecule has 1 aromatic rings. The summed E-state index contributed by atoms with van der Waals surface area (Å²) in [5.74, 6) is 2.64. The number of hydrogen-bond acceptors (Lipinski definition) is 2. The summed E-state index contributed by atoms with van der Waals surface area (Å²) < 4.78 is 6.97. The van der Waals surface area contributed by atoms with Crippen LogP contribution in [0.3, 0.4) is 0 Å². The van der Waals surface area contributed by atoms with Gasteiger partial charge in [-0.3, -0.25) is 0 Å². The molecular formula is C18H28BrNO. The van der Waals surface area contributed by atoms with E-state index in [0.29, 0.717) is 5.41 Å². The van der Waals surface area contributed by atoms with E-state index in [2.05, 4.69) is 29.8 Å². The molecule has 1 fully saturated rings. The number of nitrogens with two attached hydrogens (primary N) is 1. The summed E-state index contributed by atoms with van der Waals surface area (Å²) in [6, 6.07) is 8.05. The molecule has 0 bridgehead atoms. The Bertz CT molecular complexity index is 421. The van der Waals surface area contributed by atoms with Gasteiger partial charge in [-0.2, -0.15) is 0 Å². The van der Waals surface area contributed by atoms with Crippen LogP contribution in [0.4, 0.5) is 0 Å². The van der Waals surface area contributed by atoms with Crippen molar-refractivity contribution in [2.24, 2.45) is 23.0 Å². The van der Waals surface area contributed by atoms with E-state index in [-0.39, 0.29) is 0 Å². The first-order valence-electron chi connectivity index (χ1n) is 8.13. The van der Waals surface area contributed by atoms with Crippen molar-refractivity contribution in [3.8, 4) is 5.75 Å². The molecule has 0 saturated heterocycles. The average molecular weight is 354 g/mol. The van der Waals surface area contributed by atoms with Gasteiger partial charge in [-0.05, 0) is 80.2 Å². The third-order valence-electron chi connectivity index (χ3n) is 5.18. The fourth-order valence-corrected chi connectivity index (χ4v) is 3.66. The van der Waals surface area contributed by atoms with Gasteiger partial charge in [0.05, 0.1) is 6.61 Å². The summed E-state index contributed by atoms with van der Waals surface area (Å²) in [5.41, 5.74) is 6.40. The highest BCUT2D eigenvalue weighted by Gasteiger charge is 2.34. The van der Waals surface area contributed by atoms with Crippen LogP contribution in [0, 0.1) is 17.3 Å². The van der Waals surface area contributed by atoms with Crippen LogP contribution >= 0.6 is 15.9 Å². The Hall–Kier alpha value is -0.540. The van der Waals surface area contributed by atoms with E-state index < -0.39 is 0 Å². The number of ether oxygens (including phenoxy) is 1. The van der Waals surface area contributed by atoms with Gasteiger partial charge in [0.2, 0.25) is 0 Å². The van der Waals surface area contributed by atoms with Crippen molar-refractivity contribution in [2.45, 2.75) is 46.0 Å². The van der Waals surface area contributed by atoms with Gasteiger partial charge in [-0.15, -0.1) is 0 Å². The summed E-state index contributed by atoms with van der Waals surface area (Å²) in [6.45, 7) is 6.25. The Kier molecular flexibility index (Phi) is 6.12. The summed E-state index contributed by atoms with van der Waals surface area (Å²) in [7, 11) is 0. The monoisotopic (exact) mass is 353 g/mol. The van der Waals surface area contributed by atoms with Gasteiger partial charge in [0, 0.05) is 4.47 Å². The molecule has 0 radical (unpaired) electrons. The van der Waals surface area contributed by atoms with Crippen LogP contribution in [-0.4, -0.2) is 13.2 Å². The van der Waals surface area contributed by atoms with Crippen molar-refractivity contribution >= 4 is 15.9 Å². The van der Waals surface area contributed by atoms with Crippen LogP contribution in [0.2, 0.25) is 0 Å². The lowest BCUT2D eigenvalue weighted by atomic mass is 9.66. The van der Waals surface area contributed by atoms with Crippen LogP contribution in [-0.2, 0) is 0 Å². The summed E-state index contributed by atoms with van der Waals surface area (Å²) in [4.78, 5) is 0. The minimum Gasteiger partial charge on any atom is -0.494 e. The lowest BCUT2D eigenvalue weighted by molar-refractivity contribution is 0.103. The van der Waals surface area contributed by atoms with Crippen molar-refractivity contribution in [1.29, 1.82) is 0 Å². The zero-order valence-electron chi connectivity index (χ0n) is 13.3. The number of halogens is 1. The van der Waals surface area contributed by atoms with Crippen molar-refractivity contribution in [1.82, 2.24) is 0 Å². The van der Waals surface area contributed by atoms with E-state index in [9.17, 15) is 0 Å². The zero-order valence-corrected chi connectivity index (χ0v) is 14.9. The molecule has 1 saturated carbocycles. The quantitative estimate of drug-likeness (QED) is 0.779. The lowest BCUT2D eigenvalue weighted by Gasteiger charge is -2.40. The highest BCUT2D eigenvalue weighted by Crippen LogP contribution is 2.43. The Morgan fingerprint density at radius 1 is 1.24 bits per heavy atom. The first-order valence-corrected chi connectivity index (χ1v) is 8.92. The molecule has 2 nitrogen and oxygen atoms in total. The molecule has 0 atom stereocenters. The van der Waals surface area contributed by atoms with Gasteiger partial charge in [-0.1, -0.05) is 29.8 Å². The number of benzene rings is 1. The molecule has 3 heteroatoms. The van der Waals surface area contributed by atoms with Gasteiger partial charge < -0.3 is 10.5 Å². The lowest BCUT2D eigenvalue weighted by Crippen LogP contribution is -2.37. The SMILES string of the molecule is CC(C)C1CCC(CN)(CCOc2ccc(Br)cc2)CC1. The molecule has 0 heterocycles. The predicted octanol–water partition coefficient (Wildman–Crippen LogP) is 5.01. The molecular weight excluding hydrogens is 326 g/mol. The normalized spacial score (nSPS) is 26.0. The highest BCUT2D eigenvalue weighted by atomic mass is 79.9. The molecule has 21 heavy (non-hydrogen) atoms. The second kappa shape index (κ2) is 7.64. The molecule has 0 amide bonds. The second-order valence-corrected chi connectivity index (χ2v) is 7.75. The third-order valence-corrected chi connectivity index (χ3v) is 5.71. The van der Waals surface area contributed by atoms with Crippen LogP contribution in [0.25, 0.3) is 0 Å². The maximum absolute atomic E-state index is 6.10. The number of rotatable bonds is 6. The molecule has 0 aromatic heterocycles.